The van der Waals surface area contributed by atoms with Crippen molar-refractivity contribution in [3.8, 4) is 23.8 Å². The van der Waals surface area contributed by atoms with Gasteiger partial charge < -0.3 is 14.2 Å². The molecular formula is C31H31BrN2O5S. The van der Waals surface area contributed by atoms with Crippen molar-refractivity contribution in [3.63, 3.8) is 0 Å². The zero-order valence-electron chi connectivity index (χ0n) is 23.1. The van der Waals surface area contributed by atoms with Crippen LogP contribution in [0.25, 0.3) is 6.08 Å². The van der Waals surface area contributed by atoms with Gasteiger partial charge in [-0.15, -0.1) is 6.42 Å². The number of terminal acetylenes is 1. The van der Waals surface area contributed by atoms with Crippen LogP contribution in [0, 0.1) is 12.3 Å². The summed E-state index contributed by atoms with van der Waals surface area (Å²) >= 11 is 4.80. The Morgan fingerprint density at radius 2 is 1.93 bits per heavy atom. The van der Waals surface area contributed by atoms with Crippen molar-refractivity contribution in [3.05, 3.63) is 88.5 Å². The molecule has 0 N–H and O–H groups in total. The van der Waals surface area contributed by atoms with Crippen molar-refractivity contribution in [2.24, 2.45) is 4.99 Å². The van der Waals surface area contributed by atoms with E-state index < -0.39 is 12.0 Å². The number of carbonyl (C=O) groups excluding carboxylic acids is 1. The van der Waals surface area contributed by atoms with Crippen molar-refractivity contribution >= 4 is 39.3 Å². The molecule has 3 aromatic rings. The summed E-state index contributed by atoms with van der Waals surface area (Å²) in [4.78, 5) is 32.2. The number of hydrogen-bond donors (Lipinski definition) is 0. The Morgan fingerprint density at radius 3 is 2.55 bits per heavy atom. The highest BCUT2D eigenvalue weighted by molar-refractivity contribution is 9.10. The average Bonchev–Trinajstić information content (AvgIpc) is 3.21. The van der Waals surface area contributed by atoms with Gasteiger partial charge in [0.15, 0.2) is 16.3 Å². The standard InChI is InChI=1S/C31H31BrN2O5S/c1-7-14-39-28-23(32)15-20(16-24(28)37-8-2)17-25-29(35)34-27(22-12-10-21(11-13-22)18(4)5)26(30(36)38-9-3)19(6)33-31(34)40-25/h1,10-13,15-18,27H,8-9,14H2,2-6H3/t27-/m1/s1. The van der Waals surface area contributed by atoms with Crippen molar-refractivity contribution in [1.29, 1.82) is 0 Å². The van der Waals surface area contributed by atoms with Crippen molar-refractivity contribution in [2.75, 3.05) is 19.8 Å². The number of nitrogens with zero attached hydrogens (tertiary/aromatic N) is 2. The number of hydrogen-bond acceptors (Lipinski definition) is 7. The Hall–Kier alpha value is -3.61. The molecule has 0 unspecified atom stereocenters. The van der Waals surface area contributed by atoms with E-state index >= 15 is 0 Å². The molecule has 9 heteroatoms. The fourth-order valence-corrected chi connectivity index (χ4v) is 6.13. The molecule has 1 atom stereocenters. The predicted octanol–water partition coefficient (Wildman–Crippen LogP) is 5.09. The summed E-state index contributed by atoms with van der Waals surface area (Å²) in [5, 5.41) is 0. The molecule has 0 saturated heterocycles. The number of benzene rings is 2. The van der Waals surface area contributed by atoms with E-state index in [0.717, 1.165) is 11.1 Å². The van der Waals surface area contributed by atoms with E-state index in [2.05, 4.69) is 40.7 Å². The summed E-state index contributed by atoms with van der Waals surface area (Å²) in [7, 11) is 0. The summed E-state index contributed by atoms with van der Waals surface area (Å²) in [6.07, 6.45) is 7.14. The summed E-state index contributed by atoms with van der Waals surface area (Å²) in [5.41, 5.74) is 3.34. The van der Waals surface area contributed by atoms with Crippen LogP contribution in [0.2, 0.25) is 0 Å². The lowest BCUT2D eigenvalue weighted by Gasteiger charge is -2.25. The minimum atomic E-state index is -0.663. The SMILES string of the molecule is C#CCOc1c(Br)cc(C=c2sc3n(c2=O)[C@H](c2ccc(C(C)C)cc2)C(C(=O)OCC)=C(C)N=3)cc1OCC. The van der Waals surface area contributed by atoms with E-state index in [1.165, 1.54) is 16.9 Å². The first-order chi connectivity index (χ1) is 19.2. The molecule has 0 amide bonds. The second kappa shape index (κ2) is 12.7. The maximum absolute atomic E-state index is 13.9. The first-order valence-electron chi connectivity index (χ1n) is 13.0. The number of ether oxygens (including phenoxy) is 3. The molecule has 1 aliphatic heterocycles. The zero-order valence-corrected chi connectivity index (χ0v) is 25.5. The van der Waals surface area contributed by atoms with Crippen molar-refractivity contribution in [1.82, 2.24) is 4.57 Å². The Bertz CT molecular complexity index is 1680. The fourth-order valence-electron chi connectivity index (χ4n) is 4.51. The third-order valence-electron chi connectivity index (χ3n) is 6.37. The van der Waals surface area contributed by atoms with Crippen molar-refractivity contribution < 1.29 is 19.0 Å². The van der Waals surface area contributed by atoms with Crippen LogP contribution >= 0.6 is 27.3 Å². The van der Waals surface area contributed by atoms with E-state index in [1.54, 1.807) is 30.6 Å². The largest absolute Gasteiger partial charge is 0.490 e. The second-order valence-electron chi connectivity index (χ2n) is 9.38. The molecule has 2 aromatic carbocycles. The molecule has 0 aliphatic carbocycles. The van der Waals surface area contributed by atoms with Crippen molar-refractivity contribution in [2.45, 2.75) is 46.6 Å². The van der Waals surface area contributed by atoms with Gasteiger partial charge in [-0.3, -0.25) is 9.36 Å². The van der Waals surface area contributed by atoms with Crippen LogP contribution in [0.5, 0.6) is 11.5 Å². The molecule has 2 heterocycles. The number of rotatable bonds is 9. The van der Waals surface area contributed by atoms with Crippen LogP contribution in [0.15, 0.2) is 61.9 Å². The molecule has 0 spiro atoms. The van der Waals surface area contributed by atoms with Crippen LogP contribution in [0.3, 0.4) is 0 Å². The second-order valence-corrected chi connectivity index (χ2v) is 11.2. The average molecular weight is 624 g/mol. The van der Waals surface area contributed by atoms with Gasteiger partial charge in [0.2, 0.25) is 0 Å². The number of carbonyl (C=O) groups is 1. The maximum atomic E-state index is 13.9. The lowest BCUT2D eigenvalue weighted by atomic mass is 9.93. The fraction of sp³-hybridized carbons (Fsp3) is 0.323. The van der Waals surface area contributed by atoms with Gasteiger partial charge in [0, 0.05) is 0 Å². The smallest absolute Gasteiger partial charge is 0.338 e. The normalized spacial score (nSPS) is 14.9. The maximum Gasteiger partial charge on any atom is 0.338 e. The Kier molecular flexibility index (Phi) is 9.33. The first kappa shape index (κ1) is 29.4. The van der Waals surface area contributed by atoms with Gasteiger partial charge >= 0.3 is 5.97 Å². The molecule has 0 bridgehead atoms. The first-order valence-corrected chi connectivity index (χ1v) is 14.6. The number of halogens is 1. The number of aromatic nitrogens is 1. The third kappa shape index (κ3) is 5.93. The predicted molar refractivity (Wildman–Crippen MR) is 161 cm³/mol. The van der Waals surface area contributed by atoms with Gasteiger partial charge in [0.1, 0.15) is 6.61 Å². The van der Waals surface area contributed by atoms with Crippen LogP contribution < -0.4 is 24.4 Å². The topological polar surface area (TPSA) is 79.1 Å². The Balaban J connectivity index is 1.90. The molecule has 40 heavy (non-hydrogen) atoms. The number of allylic oxidation sites excluding steroid dienone is 1. The summed E-state index contributed by atoms with van der Waals surface area (Å²) in [6, 6.07) is 11.0. The lowest BCUT2D eigenvalue weighted by Crippen LogP contribution is -2.39. The highest BCUT2D eigenvalue weighted by Crippen LogP contribution is 2.37. The molecule has 208 valence electrons. The van der Waals surface area contributed by atoms with Gasteiger partial charge in [-0.25, -0.2) is 9.79 Å². The van der Waals surface area contributed by atoms with Crippen LogP contribution in [0.1, 0.15) is 63.3 Å². The quantitative estimate of drug-likeness (QED) is 0.245. The highest BCUT2D eigenvalue weighted by Gasteiger charge is 2.33. The number of esters is 1. The molecule has 1 aliphatic rings. The minimum Gasteiger partial charge on any atom is -0.490 e. The molecule has 1 aromatic heterocycles. The van der Waals surface area contributed by atoms with Gasteiger partial charge in [-0.1, -0.05) is 55.4 Å². The monoisotopic (exact) mass is 622 g/mol. The molecule has 0 fully saturated rings. The third-order valence-corrected chi connectivity index (χ3v) is 7.94. The highest BCUT2D eigenvalue weighted by atomic mass is 79.9. The molecular weight excluding hydrogens is 592 g/mol. The molecule has 4 rings (SSSR count). The van der Waals surface area contributed by atoms with E-state index in [9.17, 15) is 9.59 Å². The van der Waals surface area contributed by atoms with E-state index in [-0.39, 0.29) is 18.8 Å². The van der Waals surface area contributed by atoms with E-state index in [4.69, 9.17) is 20.6 Å². The molecule has 0 saturated carbocycles. The van der Waals surface area contributed by atoms with Gasteiger partial charge in [0.05, 0.1) is 39.5 Å². The molecule has 0 radical (unpaired) electrons. The Morgan fingerprint density at radius 1 is 1.20 bits per heavy atom. The van der Waals surface area contributed by atoms with Gasteiger partial charge in [-0.05, 0) is 77.5 Å². The zero-order chi connectivity index (χ0) is 29.0. The van der Waals surface area contributed by atoms with Crippen LogP contribution in [0.4, 0.5) is 0 Å². The number of fused-ring (bicyclic) bond motifs is 1. The summed E-state index contributed by atoms with van der Waals surface area (Å²) < 4.78 is 19.5. The molecule has 7 nitrogen and oxygen atoms in total. The Labute approximate surface area is 245 Å². The van der Waals surface area contributed by atoms with E-state index in [0.29, 0.717) is 49.1 Å². The lowest BCUT2D eigenvalue weighted by molar-refractivity contribution is -0.139. The minimum absolute atomic E-state index is 0.0942. The number of thiazole rings is 1. The summed E-state index contributed by atoms with van der Waals surface area (Å²) in [6.45, 7) is 10.4. The van der Waals surface area contributed by atoms with Crippen LogP contribution in [-0.4, -0.2) is 30.4 Å². The van der Waals surface area contributed by atoms with E-state index in [1.807, 2.05) is 37.3 Å². The van der Waals surface area contributed by atoms with Crippen LogP contribution in [-0.2, 0) is 9.53 Å². The summed E-state index contributed by atoms with van der Waals surface area (Å²) in [5.74, 6) is 3.33. The van der Waals surface area contributed by atoms with Gasteiger partial charge in [-0.2, -0.15) is 0 Å². The van der Waals surface area contributed by atoms with Gasteiger partial charge in [0.25, 0.3) is 5.56 Å².